The summed E-state index contributed by atoms with van der Waals surface area (Å²) < 4.78 is 1.50. The van der Waals surface area contributed by atoms with Crippen molar-refractivity contribution in [1.82, 2.24) is 14.5 Å². The molecule has 152 valence electrons. The number of benzene rings is 2. The van der Waals surface area contributed by atoms with E-state index in [1.165, 1.54) is 29.2 Å². The molecule has 0 fully saturated rings. The third-order valence-corrected chi connectivity index (χ3v) is 5.89. The van der Waals surface area contributed by atoms with Crippen molar-refractivity contribution in [3.05, 3.63) is 80.8 Å². The molecule has 2 heterocycles. The first-order chi connectivity index (χ1) is 14.5. The van der Waals surface area contributed by atoms with Crippen molar-refractivity contribution in [2.24, 2.45) is 0 Å². The molecular weight excluding hydrogens is 420 g/mol. The van der Waals surface area contributed by atoms with Crippen molar-refractivity contribution in [3.63, 3.8) is 0 Å². The molecule has 4 aromatic rings. The molecule has 2 aromatic heterocycles. The zero-order chi connectivity index (χ0) is 21.3. The van der Waals surface area contributed by atoms with Crippen LogP contribution in [0.25, 0.3) is 10.9 Å². The van der Waals surface area contributed by atoms with E-state index in [9.17, 15) is 9.59 Å². The highest BCUT2D eigenvalue weighted by Crippen LogP contribution is 2.31. The number of nitrogens with zero attached hydrogens (tertiary/aromatic N) is 4. The van der Waals surface area contributed by atoms with Gasteiger partial charge in [0.2, 0.25) is 5.91 Å². The summed E-state index contributed by atoms with van der Waals surface area (Å²) in [6.07, 6.45) is 2.31. The molecule has 0 spiro atoms. The molecule has 8 heteroatoms. The summed E-state index contributed by atoms with van der Waals surface area (Å²) in [5, 5.41) is 3.38. The van der Waals surface area contributed by atoms with Gasteiger partial charge in [-0.25, -0.2) is 9.97 Å². The molecule has 1 amide bonds. The molecule has 0 atom stereocenters. The number of anilines is 2. The maximum atomic E-state index is 12.8. The fourth-order valence-electron chi connectivity index (χ4n) is 3.33. The molecule has 0 saturated carbocycles. The summed E-state index contributed by atoms with van der Waals surface area (Å²) in [5.74, 6) is -0.115. The maximum absolute atomic E-state index is 12.8. The Labute approximate surface area is 182 Å². The third kappa shape index (κ3) is 3.86. The lowest BCUT2D eigenvalue weighted by Gasteiger charge is -2.21. The van der Waals surface area contributed by atoms with E-state index in [-0.39, 0.29) is 18.0 Å². The second-order valence-corrected chi connectivity index (χ2v) is 8.07. The van der Waals surface area contributed by atoms with Crippen molar-refractivity contribution in [3.8, 4) is 0 Å². The van der Waals surface area contributed by atoms with E-state index in [1.807, 2.05) is 29.6 Å². The minimum Gasteiger partial charge on any atom is -0.293 e. The quantitative estimate of drug-likeness (QED) is 0.448. The van der Waals surface area contributed by atoms with E-state index in [0.29, 0.717) is 26.8 Å². The van der Waals surface area contributed by atoms with E-state index < -0.39 is 0 Å². The topological polar surface area (TPSA) is 68.1 Å². The molecule has 0 bridgehead atoms. The standard InChI is InChI=1S/C22H19ClN4O2S/c1-3-15-6-4-5-7-20(15)27(14(2)28)22-25-17(12-30-22)11-26-13-24-19-9-8-16(23)10-18(19)21(26)29/h4-10,12-13H,3,11H2,1-2H3. The fraction of sp³-hybridized carbons (Fsp3) is 0.182. The zero-order valence-electron chi connectivity index (χ0n) is 16.5. The lowest BCUT2D eigenvalue weighted by Crippen LogP contribution is -2.24. The predicted octanol–water partition coefficient (Wildman–Crippen LogP) is 4.80. The van der Waals surface area contributed by atoms with Gasteiger partial charge in [0.05, 0.1) is 35.2 Å². The van der Waals surface area contributed by atoms with Crippen LogP contribution in [0.3, 0.4) is 0 Å². The van der Waals surface area contributed by atoms with Gasteiger partial charge < -0.3 is 0 Å². The smallest absolute Gasteiger partial charge is 0.261 e. The van der Waals surface area contributed by atoms with Gasteiger partial charge in [0, 0.05) is 17.3 Å². The number of rotatable bonds is 5. The molecule has 0 N–H and O–H groups in total. The first kappa shape index (κ1) is 20.3. The van der Waals surface area contributed by atoms with Crippen LogP contribution in [-0.4, -0.2) is 20.4 Å². The lowest BCUT2D eigenvalue weighted by atomic mass is 10.1. The van der Waals surface area contributed by atoms with Crippen LogP contribution in [0.2, 0.25) is 5.02 Å². The number of aromatic nitrogens is 3. The van der Waals surface area contributed by atoms with Crippen LogP contribution < -0.4 is 10.5 Å². The van der Waals surface area contributed by atoms with Gasteiger partial charge in [0.15, 0.2) is 5.13 Å². The van der Waals surface area contributed by atoms with E-state index in [0.717, 1.165) is 17.7 Å². The van der Waals surface area contributed by atoms with Gasteiger partial charge in [-0.3, -0.25) is 19.1 Å². The molecular formula is C22H19ClN4O2S. The summed E-state index contributed by atoms with van der Waals surface area (Å²) >= 11 is 7.40. The second kappa shape index (κ2) is 8.38. The fourth-order valence-corrected chi connectivity index (χ4v) is 4.37. The maximum Gasteiger partial charge on any atom is 0.261 e. The van der Waals surface area contributed by atoms with E-state index >= 15 is 0 Å². The third-order valence-electron chi connectivity index (χ3n) is 4.78. The Morgan fingerprint density at radius 2 is 2.03 bits per heavy atom. The van der Waals surface area contributed by atoms with E-state index in [2.05, 4.69) is 16.9 Å². The summed E-state index contributed by atoms with van der Waals surface area (Å²) in [7, 11) is 0. The Balaban J connectivity index is 1.68. The molecule has 6 nitrogen and oxygen atoms in total. The van der Waals surface area contributed by atoms with Crippen LogP contribution in [0.5, 0.6) is 0 Å². The van der Waals surface area contributed by atoms with Gasteiger partial charge in [-0.2, -0.15) is 0 Å². The molecule has 4 rings (SSSR count). The van der Waals surface area contributed by atoms with Gasteiger partial charge in [-0.1, -0.05) is 36.7 Å². The SMILES string of the molecule is CCc1ccccc1N(C(C)=O)c1nc(Cn2cnc3ccc(Cl)cc3c2=O)cs1. The number of para-hydroxylation sites is 1. The Morgan fingerprint density at radius 1 is 1.23 bits per heavy atom. The first-order valence-corrected chi connectivity index (χ1v) is 10.7. The predicted molar refractivity (Wildman–Crippen MR) is 121 cm³/mol. The van der Waals surface area contributed by atoms with Crippen LogP contribution >= 0.6 is 22.9 Å². The highest BCUT2D eigenvalue weighted by atomic mass is 35.5. The average molecular weight is 439 g/mol. The summed E-state index contributed by atoms with van der Waals surface area (Å²) in [6, 6.07) is 12.8. The van der Waals surface area contributed by atoms with Crippen molar-refractivity contribution in [2.75, 3.05) is 4.90 Å². The number of hydrogen-bond donors (Lipinski definition) is 0. The second-order valence-electron chi connectivity index (χ2n) is 6.80. The first-order valence-electron chi connectivity index (χ1n) is 9.45. The Morgan fingerprint density at radius 3 is 2.80 bits per heavy atom. The number of carbonyl (C=O) groups excluding carboxylic acids is 1. The van der Waals surface area contributed by atoms with Gasteiger partial charge in [-0.05, 0) is 36.2 Å². The van der Waals surface area contributed by atoms with Gasteiger partial charge >= 0.3 is 0 Å². The molecule has 0 aliphatic rings. The molecule has 0 aliphatic carbocycles. The van der Waals surface area contributed by atoms with Gasteiger partial charge in [0.25, 0.3) is 5.56 Å². The summed E-state index contributed by atoms with van der Waals surface area (Å²) in [4.78, 5) is 35.8. The molecule has 0 unspecified atom stereocenters. The van der Waals surface area contributed by atoms with Crippen LogP contribution in [-0.2, 0) is 17.8 Å². The zero-order valence-corrected chi connectivity index (χ0v) is 18.1. The number of amides is 1. The number of thiazole rings is 1. The van der Waals surface area contributed by atoms with Crippen molar-refractivity contribution < 1.29 is 4.79 Å². The van der Waals surface area contributed by atoms with Crippen LogP contribution in [0.1, 0.15) is 25.1 Å². The largest absolute Gasteiger partial charge is 0.293 e. The van der Waals surface area contributed by atoms with Gasteiger partial charge in [-0.15, -0.1) is 11.3 Å². The Bertz CT molecular complexity index is 1300. The monoisotopic (exact) mass is 438 g/mol. The minimum absolute atomic E-state index is 0.115. The number of halogens is 1. The van der Waals surface area contributed by atoms with Crippen LogP contribution in [0, 0.1) is 0 Å². The van der Waals surface area contributed by atoms with Crippen molar-refractivity contribution in [2.45, 2.75) is 26.8 Å². The Hall–Kier alpha value is -3.03. The summed E-state index contributed by atoms with van der Waals surface area (Å²) in [6.45, 7) is 3.83. The van der Waals surface area contributed by atoms with Gasteiger partial charge in [0.1, 0.15) is 0 Å². The molecule has 2 aromatic carbocycles. The van der Waals surface area contributed by atoms with E-state index in [1.54, 1.807) is 23.1 Å². The van der Waals surface area contributed by atoms with E-state index in [4.69, 9.17) is 11.6 Å². The Kier molecular flexibility index (Phi) is 5.65. The highest BCUT2D eigenvalue weighted by molar-refractivity contribution is 7.14. The number of carbonyl (C=O) groups is 1. The van der Waals surface area contributed by atoms with Crippen molar-refractivity contribution in [1.29, 1.82) is 0 Å². The number of aryl methyl sites for hydroxylation is 1. The van der Waals surface area contributed by atoms with Crippen LogP contribution in [0.15, 0.2) is 59.0 Å². The molecule has 0 radical (unpaired) electrons. The lowest BCUT2D eigenvalue weighted by molar-refractivity contribution is -0.115. The molecule has 0 aliphatic heterocycles. The normalized spacial score (nSPS) is 11.0. The average Bonchev–Trinajstić information content (AvgIpc) is 3.18. The molecule has 0 saturated heterocycles. The van der Waals surface area contributed by atoms with Crippen molar-refractivity contribution >= 4 is 50.6 Å². The highest BCUT2D eigenvalue weighted by Gasteiger charge is 2.20. The molecule has 30 heavy (non-hydrogen) atoms. The number of hydrogen-bond acceptors (Lipinski definition) is 5. The summed E-state index contributed by atoms with van der Waals surface area (Å²) in [5.41, 5.74) is 2.99. The minimum atomic E-state index is -0.184. The number of fused-ring (bicyclic) bond motifs is 1. The van der Waals surface area contributed by atoms with Crippen LogP contribution in [0.4, 0.5) is 10.8 Å².